The molecule has 0 fully saturated rings. The predicted molar refractivity (Wildman–Crippen MR) is 105 cm³/mol. The van der Waals surface area contributed by atoms with E-state index < -0.39 is 0 Å². The Hall–Kier alpha value is -3.14. The van der Waals surface area contributed by atoms with Crippen LogP contribution in [-0.4, -0.2) is 20.2 Å². The number of hydrogen-bond donors (Lipinski definition) is 2. The van der Waals surface area contributed by atoms with Gasteiger partial charge < -0.3 is 4.98 Å². The monoisotopic (exact) mass is 338 g/mol. The number of aryl methyl sites for hydroxylation is 1. The van der Waals surface area contributed by atoms with Crippen molar-refractivity contribution in [2.45, 2.75) is 25.7 Å². The number of benzene rings is 2. The zero-order valence-corrected chi connectivity index (χ0v) is 14.3. The van der Waals surface area contributed by atoms with E-state index in [1.165, 1.54) is 45.8 Å². The zero-order chi connectivity index (χ0) is 17.1. The van der Waals surface area contributed by atoms with Gasteiger partial charge >= 0.3 is 0 Å². The van der Waals surface area contributed by atoms with E-state index in [0.29, 0.717) is 0 Å². The van der Waals surface area contributed by atoms with Crippen molar-refractivity contribution >= 4 is 32.7 Å². The summed E-state index contributed by atoms with van der Waals surface area (Å²) in [6.45, 7) is 0. The van der Waals surface area contributed by atoms with E-state index in [0.717, 1.165) is 35.0 Å². The molecule has 0 saturated carbocycles. The van der Waals surface area contributed by atoms with E-state index in [9.17, 15) is 0 Å². The normalized spacial score (nSPS) is 14.3. The van der Waals surface area contributed by atoms with E-state index >= 15 is 0 Å². The molecule has 0 amide bonds. The molecule has 126 valence electrons. The number of hydrogen-bond acceptors (Lipinski definition) is 2. The van der Waals surface area contributed by atoms with Gasteiger partial charge in [0.05, 0.1) is 22.9 Å². The summed E-state index contributed by atoms with van der Waals surface area (Å²) in [6.07, 6.45) is 8.66. The molecule has 0 saturated heterocycles. The first-order valence-corrected chi connectivity index (χ1v) is 9.23. The number of aromatic nitrogens is 4. The van der Waals surface area contributed by atoms with Crippen molar-refractivity contribution in [1.82, 2.24) is 20.2 Å². The first-order chi connectivity index (χ1) is 12.9. The van der Waals surface area contributed by atoms with Crippen LogP contribution in [0.5, 0.6) is 0 Å². The maximum absolute atomic E-state index is 5.14. The number of rotatable bonds is 1. The van der Waals surface area contributed by atoms with Crippen molar-refractivity contribution in [2.75, 3.05) is 0 Å². The van der Waals surface area contributed by atoms with Crippen LogP contribution >= 0.6 is 0 Å². The smallest absolute Gasteiger partial charge is 0.0744 e. The predicted octanol–water partition coefficient (Wildman–Crippen LogP) is 5.14. The van der Waals surface area contributed by atoms with Gasteiger partial charge in [-0.3, -0.25) is 5.10 Å². The first kappa shape index (κ1) is 14.1. The second-order valence-electron chi connectivity index (χ2n) is 7.20. The van der Waals surface area contributed by atoms with Crippen LogP contribution in [0.3, 0.4) is 0 Å². The molecule has 2 N–H and O–H groups in total. The Morgan fingerprint density at radius 1 is 0.885 bits per heavy atom. The molecule has 2 aromatic carbocycles. The second kappa shape index (κ2) is 5.18. The molecule has 0 radical (unpaired) electrons. The van der Waals surface area contributed by atoms with Crippen molar-refractivity contribution in [3.8, 4) is 11.3 Å². The highest BCUT2D eigenvalue weighted by atomic mass is 15.1. The molecule has 0 spiro atoms. The van der Waals surface area contributed by atoms with Crippen LogP contribution in [0.2, 0.25) is 0 Å². The molecule has 26 heavy (non-hydrogen) atoms. The maximum Gasteiger partial charge on any atom is 0.0744 e. The fraction of sp³-hybridized carbons (Fsp3) is 0.182. The summed E-state index contributed by atoms with van der Waals surface area (Å²) in [7, 11) is 0. The van der Waals surface area contributed by atoms with Crippen LogP contribution in [0, 0.1) is 0 Å². The Morgan fingerprint density at radius 3 is 2.73 bits per heavy atom. The van der Waals surface area contributed by atoms with Gasteiger partial charge in [-0.2, -0.15) is 5.10 Å². The summed E-state index contributed by atoms with van der Waals surface area (Å²) in [4.78, 5) is 8.48. The van der Waals surface area contributed by atoms with Gasteiger partial charge in [-0.25, -0.2) is 4.98 Å². The van der Waals surface area contributed by atoms with Gasteiger partial charge in [0.2, 0.25) is 0 Å². The van der Waals surface area contributed by atoms with Crippen LogP contribution in [0.25, 0.3) is 44.0 Å². The SMILES string of the molecule is c1cc2c(ccc3nc(-c4ccc5[nH]ncc5c4)c4c(c32)CCCC4)[nH]1. The molecule has 1 aliphatic rings. The lowest BCUT2D eigenvalue weighted by Crippen LogP contribution is -2.07. The molecule has 5 aromatic rings. The number of nitrogens with zero attached hydrogens (tertiary/aromatic N) is 2. The molecule has 6 rings (SSSR count). The van der Waals surface area contributed by atoms with Gasteiger partial charge in [-0.1, -0.05) is 6.07 Å². The average Bonchev–Trinajstić information content (AvgIpc) is 3.35. The molecule has 0 unspecified atom stereocenters. The zero-order valence-electron chi connectivity index (χ0n) is 14.3. The lowest BCUT2D eigenvalue weighted by atomic mass is 9.85. The molecule has 1 aliphatic carbocycles. The molecule has 0 aliphatic heterocycles. The van der Waals surface area contributed by atoms with Gasteiger partial charge in [0.25, 0.3) is 0 Å². The van der Waals surface area contributed by atoms with E-state index in [4.69, 9.17) is 4.98 Å². The van der Waals surface area contributed by atoms with Gasteiger partial charge in [0.15, 0.2) is 0 Å². The highest BCUT2D eigenvalue weighted by Crippen LogP contribution is 2.38. The summed E-state index contributed by atoms with van der Waals surface area (Å²) in [6, 6.07) is 13.0. The van der Waals surface area contributed by atoms with Crippen LogP contribution in [0.15, 0.2) is 48.8 Å². The number of pyridine rings is 1. The van der Waals surface area contributed by atoms with Gasteiger partial charge in [-0.15, -0.1) is 0 Å². The molecule has 0 atom stereocenters. The summed E-state index contributed by atoms with van der Waals surface area (Å²) >= 11 is 0. The molecule has 4 nitrogen and oxygen atoms in total. The minimum Gasteiger partial charge on any atom is -0.361 e. The Morgan fingerprint density at radius 2 is 1.77 bits per heavy atom. The highest BCUT2D eigenvalue weighted by Gasteiger charge is 2.21. The van der Waals surface area contributed by atoms with Crippen LogP contribution in [0.4, 0.5) is 0 Å². The molecular weight excluding hydrogens is 320 g/mol. The van der Waals surface area contributed by atoms with Crippen molar-refractivity contribution in [2.24, 2.45) is 0 Å². The summed E-state index contributed by atoms with van der Waals surface area (Å²) in [5, 5.41) is 11.0. The standard InChI is InChI=1S/C22H18N4/c1-2-4-16-15(3-1)21-17-9-10-23-19(17)7-8-20(21)25-22(16)13-5-6-18-14(11-13)12-24-26-18/h5-12,23H,1-4H2,(H,24,26). The fourth-order valence-electron chi connectivity index (χ4n) is 4.49. The molecule has 3 heterocycles. The fourth-order valence-corrected chi connectivity index (χ4v) is 4.49. The highest BCUT2D eigenvalue weighted by molar-refractivity contribution is 6.08. The largest absolute Gasteiger partial charge is 0.361 e. The second-order valence-corrected chi connectivity index (χ2v) is 7.20. The Labute approximate surface area is 150 Å². The molecule has 0 bridgehead atoms. The Bertz CT molecular complexity index is 1290. The Kier molecular flexibility index (Phi) is 2.80. The van der Waals surface area contributed by atoms with E-state index in [1.807, 2.05) is 12.4 Å². The molecular formula is C22H18N4. The summed E-state index contributed by atoms with van der Waals surface area (Å²) in [5.74, 6) is 0. The van der Waals surface area contributed by atoms with Gasteiger partial charge in [0, 0.05) is 33.4 Å². The van der Waals surface area contributed by atoms with E-state index in [1.54, 1.807) is 0 Å². The minimum atomic E-state index is 1.07. The third-order valence-corrected chi connectivity index (χ3v) is 5.71. The topological polar surface area (TPSA) is 57.4 Å². The summed E-state index contributed by atoms with van der Waals surface area (Å²) < 4.78 is 0. The van der Waals surface area contributed by atoms with Gasteiger partial charge in [0.1, 0.15) is 0 Å². The number of aromatic amines is 2. The Balaban J connectivity index is 1.71. The van der Waals surface area contributed by atoms with Crippen molar-refractivity contribution < 1.29 is 0 Å². The third kappa shape index (κ3) is 1.90. The first-order valence-electron chi connectivity index (χ1n) is 9.23. The van der Waals surface area contributed by atoms with E-state index in [-0.39, 0.29) is 0 Å². The number of H-pyrrole nitrogens is 2. The lowest BCUT2D eigenvalue weighted by Gasteiger charge is -2.22. The van der Waals surface area contributed by atoms with Crippen LogP contribution in [-0.2, 0) is 12.8 Å². The minimum absolute atomic E-state index is 1.07. The summed E-state index contributed by atoms with van der Waals surface area (Å²) in [5.41, 5.74) is 8.62. The third-order valence-electron chi connectivity index (χ3n) is 5.71. The van der Waals surface area contributed by atoms with Crippen molar-refractivity contribution in [3.05, 3.63) is 59.9 Å². The lowest BCUT2D eigenvalue weighted by molar-refractivity contribution is 0.689. The van der Waals surface area contributed by atoms with Crippen LogP contribution < -0.4 is 0 Å². The quantitative estimate of drug-likeness (QED) is 0.445. The van der Waals surface area contributed by atoms with E-state index in [2.05, 4.69) is 51.6 Å². The van der Waals surface area contributed by atoms with Crippen LogP contribution in [0.1, 0.15) is 24.0 Å². The van der Waals surface area contributed by atoms with Crippen molar-refractivity contribution in [3.63, 3.8) is 0 Å². The number of fused-ring (bicyclic) bond motifs is 6. The maximum atomic E-state index is 5.14. The number of nitrogens with one attached hydrogen (secondary N) is 2. The van der Waals surface area contributed by atoms with Crippen molar-refractivity contribution in [1.29, 1.82) is 0 Å². The molecule has 4 heteroatoms. The molecule has 3 aromatic heterocycles. The van der Waals surface area contributed by atoms with Gasteiger partial charge in [-0.05, 0) is 67.1 Å². The average molecular weight is 338 g/mol.